The maximum Gasteiger partial charge on any atom is 0.270 e. The number of benzene rings is 1. The van der Waals surface area contributed by atoms with E-state index in [1.54, 1.807) is 23.2 Å². The van der Waals surface area contributed by atoms with Gasteiger partial charge in [-0.25, -0.2) is 0 Å². The molecule has 0 fully saturated rings. The van der Waals surface area contributed by atoms with E-state index in [9.17, 15) is 9.59 Å². The van der Waals surface area contributed by atoms with Crippen LogP contribution in [0.4, 0.5) is 5.69 Å². The van der Waals surface area contributed by atoms with Gasteiger partial charge in [-0.2, -0.15) is 0 Å². The second kappa shape index (κ2) is 9.42. The van der Waals surface area contributed by atoms with Crippen LogP contribution in [-0.4, -0.2) is 41.3 Å². The van der Waals surface area contributed by atoms with E-state index in [1.165, 1.54) is 0 Å². The van der Waals surface area contributed by atoms with Crippen molar-refractivity contribution in [2.45, 2.75) is 20.4 Å². The van der Waals surface area contributed by atoms with Crippen molar-refractivity contribution in [3.05, 3.63) is 59.9 Å². The number of nitrogens with one attached hydrogen (secondary N) is 2. The minimum atomic E-state index is -0.248. The first-order valence-corrected chi connectivity index (χ1v) is 8.43. The minimum Gasteiger partial charge on any atom is -0.376 e. The highest BCUT2D eigenvalue weighted by atomic mass is 16.2. The van der Waals surface area contributed by atoms with E-state index in [-0.39, 0.29) is 18.4 Å². The van der Waals surface area contributed by atoms with E-state index < -0.39 is 0 Å². The number of hydrogen-bond donors (Lipinski definition) is 2. The summed E-state index contributed by atoms with van der Waals surface area (Å²) in [5, 5.41) is 5.89. The molecular weight excluding hydrogens is 316 g/mol. The summed E-state index contributed by atoms with van der Waals surface area (Å²) in [5.74, 6) is -0.223. The Bertz CT molecular complexity index is 700. The van der Waals surface area contributed by atoms with Crippen LogP contribution in [0.15, 0.2) is 48.7 Å². The summed E-state index contributed by atoms with van der Waals surface area (Å²) >= 11 is 0. The van der Waals surface area contributed by atoms with E-state index in [0.29, 0.717) is 31.0 Å². The first-order valence-electron chi connectivity index (χ1n) is 8.43. The highest BCUT2D eigenvalue weighted by molar-refractivity contribution is 5.93. The molecule has 2 N–H and O–H groups in total. The van der Waals surface area contributed by atoms with Crippen molar-refractivity contribution in [2.75, 3.05) is 25.0 Å². The molecule has 1 aromatic heterocycles. The van der Waals surface area contributed by atoms with Gasteiger partial charge in [-0.1, -0.05) is 30.3 Å². The molecule has 0 saturated heterocycles. The minimum absolute atomic E-state index is 0.0249. The Morgan fingerprint density at radius 1 is 1.08 bits per heavy atom. The molecule has 2 rings (SSSR count). The van der Waals surface area contributed by atoms with E-state index in [4.69, 9.17) is 0 Å². The molecule has 2 aromatic rings. The molecule has 0 atom stereocenters. The third-order valence-electron chi connectivity index (χ3n) is 3.85. The van der Waals surface area contributed by atoms with Crippen LogP contribution in [0.3, 0.4) is 0 Å². The van der Waals surface area contributed by atoms with Gasteiger partial charge in [-0.15, -0.1) is 0 Å². The Balaban J connectivity index is 1.91. The average molecular weight is 340 g/mol. The lowest BCUT2D eigenvalue weighted by atomic mass is 10.2. The molecule has 0 aliphatic carbocycles. The van der Waals surface area contributed by atoms with Crippen molar-refractivity contribution in [3.8, 4) is 0 Å². The molecule has 0 aliphatic heterocycles. The van der Waals surface area contributed by atoms with Crippen LogP contribution in [-0.2, 0) is 11.3 Å². The zero-order valence-corrected chi connectivity index (χ0v) is 14.7. The topological polar surface area (TPSA) is 74.3 Å². The van der Waals surface area contributed by atoms with Gasteiger partial charge in [0.25, 0.3) is 5.91 Å². The zero-order valence-electron chi connectivity index (χ0n) is 14.7. The fourth-order valence-electron chi connectivity index (χ4n) is 2.40. The number of pyridine rings is 1. The van der Waals surface area contributed by atoms with Crippen molar-refractivity contribution in [1.82, 2.24) is 15.2 Å². The lowest BCUT2D eigenvalue weighted by Crippen LogP contribution is -2.35. The number of anilines is 1. The van der Waals surface area contributed by atoms with E-state index in [0.717, 1.165) is 5.56 Å². The summed E-state index contributed by atoms with van der Waals surface area (Å²) in [6.45, 7) is 5.89. The predicted molar refractivity (Wildman–Crippen MR) is 98.3 cm³/mol. The Labute approximate surface area is 148 Å². The Morgan fingerprint density at radius 2 is 1.80 bits per heavy atom. The lowest BCUT2D eigenvalue weighted by molar-refractivity contribution is -0.128. The fourth-order valence-corrected chi connectivity index (χ4v) is 2.40. The van der Waals surface area contributed by atoms with Crippen LogP contribution >= 0.6 is 0 Å². The molecule has 0 saturated carbocycles. The SMILES string of the molecule is CCN(CC)C(=O)CNc1ccnc(C(=O)NCc2ccccc2)c1. The fraction of sp³-hybridized carbons (Fsp3) is 0.316. The second-order valence-corrected chi connectivity index (χ2v) is 5.52. The Morgan fingerprint density at radius 3 is 2.48 bits per heavy atom. The molecule has 0 unspecified atom stereocenters. The van der Waals surface area contributed by atoms with Gasteiger partial charge in [0.05, 0.1) is 6.54 Å². The van der Waals surface area contributed by atoms with Gasteiger partial charge in [0, 0.05) is 31.5 Å². The first kappa shape index (κ1) is 18.4. The molecule has 6 nitrogen and oxygen atoms in total. The van der Waals surface area contributed by atoms with Crippen LogP contribution < -0.4 is 10.6 Å². The van der Waals surface area contributed by atoms with Crippen molar-refractivity contribution in [2.24, 2.45) is 0 Å². The van der Waals surface area contributed by atoms with Gasteiger partial charge in [0.2, 0.25) is 5.91 Å². The second-order valence-electron chi connectivity index (χ2n) is 5.52. The molecular formula is C19H24N4O2. The van der Waals surface area contributed by atoms with E-state index in [1.807, 2.05) is 44.2 Å². The summed E-state index contributed by atoms with van der Waals surface area (Å²) in [5.41, 5.74) is 2.03. The van der Waals surface area contributed by atoms with Crippen LogP contribution in [0.25, 0.3) is 0 Å². The number of aromatic nitrogens is 1. The molecule has 0 bridgehead atoms. The summed E-state index contributed by atoms with van der Waals surface area (Å²) in [7, 11) is 0. The van der Waals surface area contributed by atoms with Crippen LogP contribution in [0.1, 0.15) is 29.9 Å². The smallest absolute Gasteiger partial charge is 0.270 e. The summed E-state index contributed by atoms with van der Waals surface area (Å²) in [4.78, 5) is 30.1. The highest BCUT2D eigenvalue weighted by Gasteiger charge is 2.11. The normalized spacial score (nSPS) is 10.2. The molecule has 0 radical (unpaired) electrons. The number of nitrogens with zero attached hydrogens (tertiary/aromatic N) is 2. The molecule has 2 amide bonds. The Hall–Kier alpha value is -2.89. The number of amides is 2. The number of carbonyl (C=O) groups is 2. The predicted octanol–water partition coefficient (Wildman–Crippen LogP) is 2.29. The number of hydrogen-bond acceptors (Lipinski definition) is 4. The quantitative estimate of drug-likeness (QED) is 0.773. The highest BCUT2D eigenvalue weighted by Crippen LogP contribution is 2.08. The molecule has 132 valence electrons. The first-order chi connectivity index (χ1) is 12.1. The summed E-state index contributed by atoms with van der Waals surface area (Å²) < 4.78 is 0. The van der Waals surface area contributed by atoms with Gasteiger partial charge in [0.1, 0.15) is 5.69 Å². The largest absolute Gasteiger partial charge is 0.376 e. The van der Waals surface area contributed by atoms with Crippen LogP contribution in [0.5, 0.6) is 0 Å². The molecule has 25 heavy (non-hydrogen) atoms. The Kier molecular flexibility index (Phi) is 6.95. The maximum atomic E-state index is 12.2. The summed E-state index contributed by atoms with van der Waals surface area (Å²) in [6, 6.07) is 13.1. The third-order valence-corrected chi connectivity index (χ3v) is 3.85. The zero-order chi connectivity index (χ0) is 18.1. The molecule has 0 aliphatic rings. The van der Waals surface area contributed by atoms with Gasteiger partial charge in [-0.3, -0.25) is 14.6 Å². The number of likely N-dealkylation sites (N-methyl/N-ethyl adjacent to an activating group) is 1. The van der Waals surface area contributed by atoms with Gasteiger partial charge in [-0.05, 0) is 31.5 Å². The monoisotopic (exact) mass is 340 g/mol. The van der Waals surface area contributed by atoms with E-state index >= 15 is 0 Å². The molecule has 0 spiro atoms. The molecule has 1 aromatic carbocycles. The van der Waals surface area contributed by atoms with Gasteiger partial charge in [0.15, 0.2) is 0 Å². The summed E-state index contributed by atoms with van der Waals surface area (Å²) in [6.07, 6.45) is 1.56. The van der Waals surface area contributed by atoms with Crippen molar-refractivity contribution >= 4 is 17.5 Å². The van der Waals surface area contributed by atoms with E-state index in [2.05, 4.69) is 15.6 Å². The number of carbonyl (C=O) groups excluding carboxylic acids is 2. The molecule has 6 heteroatoms. The molecule has 1 heterocycles. The van der Waals surface area contributed by atoms with Crippen molar-refractivity contribution in [1.29, 1.82) is 0 Å². The van der Waals surface area contributed by atoms with Crippen molar-refractivity contribution in [3.63, 3.8) is 0 Å². The van der Waals surface area contributed by atoms with Crippen LogP contribution in [0.2, 0.25) is 0 Å². The lowest BCUT2D eigenvalue weighted by Gasteiger charge is -2.19. The van der Waals surface area contributed by atoms with Gasteiger partial charge >= 0.3 is 0 Å². The third kappa shape index (κ3) is 5.60. The van der Waals surface area contributed by atoms with Crippen LogP contribution in [0, 0.1) is 0 Å². The van der Waals surface area contributed by atoms with Gasteiger partial charge < -0.3 is 15.5 Å². The number of rotatable bonds is 8. The standard InChI is InChI=1S/C19H24N4O2/c1-3-23(4-2)18(24)14-21-16-10-11-20-17(12-16)19(25)22-13-15-8-6-5-7-9-15/h5-12H,3-4,13-14H2,1-2H3,(H,20,21)(H,22,25). The average Bonchev–Trinajstić information content (AvgIpc) is 2.66. The maximum absolute atomic E-state index is 12.2. The van der Waals surface area contributed by atoms with Crippen molar-refractivity contribution < 1.29 is 9.59 Å².